The lowest BCUT2D eigenvalue weighted by Crippen LogP contribution is -2.23. The van der Waals surface area contributed by atoms with Crippen molar-refractivity contribution in [2.45, 2.75) is 26.7 Å². The van der Waals surface area contributed by atoms with Crippen LogP contribution in [0.5, 0.6) is 0 Å². The number of hydrogen-bond donors (Lipinski definition) is 1. The van der Waals surface area contributed by atoms with Gasteiger partial charge in [0.1, 0.15) is 0 Å². The van der Waals surface area contributed by atoms with E-state index in [1.54, 1.807) is 0 Å². The number of benzene rings is 1. The van der Waals surface area contributed by atoms with E-state index in [1.807, 2.05) is 4.90 Å². The Morgan fingerprint density at radius 2 is 1.76 bits per heavy atom. The quantitative estimate of drug-likeness (QED) is 0.866. The molecule has 1 aromatic carbocycles. The minimum Gasteiger partial charge on any atom is -0.333 e. The molecule has 3 nitrogen and oxygen atoms in total. The minimum absolute atomic E-state index is 0.246. The lowest BCUT2D eigenvalue weighted by atomic mass is 10.1. The lowest BCUT2D eigenvalue weighted by molar-refractivity contribution is -0.117. The zero-order valence-corrected chi connectivity index (χ0v) is 12.2. The van der Waals surface area contributed by atoms with E-state index in [2.05, 4.69) is 47.6 Å². The third-order valence-electron chi connectivity index (χ3n) is 2.81. The van der Waals surface area contributed by atoms with Gasteiger partial charge in [-0.05, 0) is 50.6 Å². The minimum atomic E-state index is 0.246. The van der Waals surface area contributed by atoms with Gasteiger partial charge in [-0.1, -0.05) is 15.9 Å². The van der Waals surface area contributed by atoms with Gasteiger partial charge in [0, 0.05) is 23.1 Å². The first-order chi connectivity index (χ1) is 8.09. The summed E-state index contributed by atoms with van der Waals surface area (Å²) in [5, 5.41) is 0. The fourth-order valence-electron chi connectivity index (χ4n) is 2.00. The molecule has 0 bridgehead atoms. The van der Waals surface area contributed by atoms with Gasteiger partial charge in [-0.15, -0.1) is 0 Å². The van der Waals surface area contributed by atoms with Crippen molar-refractivity contribution in [3.05, 3.63) is 27.7 Å². The summed E-state index contributed by atoms with van der Waals surface area (Å²) in [6, 6.07) is 4.14. The maximum Gasteiger partial charge on any atom is 0.227 e. The molecule has 1 aliphatic rings. The fraction of sp³-hybridized carbons (Fsp3) is 0.462. The first kappa shape index (κ1) is 14.2. The number of carbonyl (C=O) groups is 1. The van der Waals surface area contributed by atoms with Crippen LogP contribution < -0.4 is 10.6 Å². The van der Waals surface area contributed by atoms with Crippen LogP contribution in [0.4, 0.5) is 5.69 Å². The van der Waals surface area contributed by atoms with Gasteiger partial charge in [0.15, 0.2) is 0 Å². The van der Waals surface area contributed by atoms with Crippen LogP contribution in [0, 0.1) is 13.8 Å². The molecule has 1 heterocycles. The Hall–Kier alpha value is -0.870. The van der Waals surface area contributed by atoms with Crippen LogP contribution in [0.15, 0.2) is 16.6 Å². The second-order valence-corrected chi connectivity index (χ2v) is 4.84. The number of aryl methyl sites for hydroxylation is 2. The second-order valence-electron chi connectivity index (χ2n) is 4.04. The molecule has 1 aromatic rings. The molecule has 0 saturated carbocycles. The van der Waals surface area contributed by atoms with Crippen molar-refractivity contribution in [1.29, 1.82) is 0 Å². The first-order valence-electron chi connectivity index (χ1n) is 5.74. The summed E-state index contributed by atoms with van der Waals surface area (Å²) in [4.78, 5) is 13.5. The van der Waals surface area contributed by atoms with Crippen molar-refractivity contribution in [3.8, 4) is 0 Å². The number of hydrogen-bond acceptors (Lipinski definition) is 2. The van der Waals surface area contributed by atoms with Crippen molar-refractivity contribution in [1.82, 2.24) is 0 Å². The Kier molecular flexibility index (Phi) is 5.15. The topological polar surface area (TPSA) is 46.3 Å². The Morgan fingerprint density at radius 3 is 2.18 bits per heavy atom. The zero-order valence-electron chi connectivity index (χ0n) is 10.6. The van der Waals surface area contributed by atoms with Gasteiger partial charge < -0.3 is 10.6 Å². The molecular weight excluding hydrogens is 280 g/mol. The Balaban J connectivity index is 0.000000686. The predicted octanol–water partition coefficient (Wildman–Crippen LogP) is 2.77. The van der Waals surface area contributed by atoms with Gasteiger partial charge in [0.05, 0.1) is 0 Å². The van der Waals surface area contributed by atoms with Gasteiger partial charge in [0.2, 0.25) is 5.91 Å². The molecule has 1 amide bonds. The smallest absolute Gasteiger partial charge is 0.227 e. The van der Waals surface area contributed by atoms with Gasteiger partial charge in [-0.25, -0.2) is 0 Å². The number of carbonyl (C=O) groups excluding carboxylic acids is 1. The van der Waals surface area contributed by atoms with E-state index >= 15 is 0 Å². The van der Waals surface area contributed by atoms with Crippen LogP contribution in [0.1, 0.15) is 24.0 Å². The van der Waals surface area contributed by atoms with Crippen LogP contribution in [0.25, 0.3) is 0 Å². The molecule has 94 valence electrons. The summed E-state index contributed by atoms with van der Waals surface area (Å²) < 4.78 is 1.14. The Bertz CT molecular complexity index is 395. The average Bonchev–Trinajstić information content (AvgIpc) is 2.74. The molecule has 0 aromatic heterocycles. The third kappa shape index (κ3) is 3.07. The summed E-state index contributed by atoms with van der Waals surface area (Å²) in [6.45, 7) is 4.97. The highest BCUT2D eigenvalue weighted by molar-refractivity contribution is 9.10. The molecular formula is C13H19BrN2O. The average molecular weight is 299 g/mol. The van der Waals surface area contributed by atoms with E-state index in [-0.39, 0.29) is 5.91 Å². The van der Waals surface area contributed by atoms with E-state index < -0.39 is 0 Å². The summed E-state index contributed by atoms with van der Waals surface area (Å²) in [6.07, 6.45) is 1.67. The van der Waals surface area contributed by atoms with E-state index in [0.29, 0.717) is 6.42 Å². The van der Waals surface area contributed by atoms with Gasteiger partial charge in [-0.2, -0.15) is 0 Å². The van der Waals surface area contributed by atoms with Gasteiger partial charge in [0.25, 0.3) is 0 Å². The largest absolute Gasteiger partial charge is 0.333 e. The van der Waals surface area contributed by atoms with Crippen LogP contribution in [0.2, 0.25) is 0 Å². The number of nitrogens with two attached hydrogens (primary N) is 1. The maximum atomic E-state index is 11.6. The Labute approximate surface area is 111 Å². The maximum absolute atomic E-state index is 11.6. The van der Waals surface area contributed by atoms with Crippen molar-refractivity contribution >= 4 is 27.5 Å². The molecule has 2 N–H and O–H groups in total. The third-order valence-corrected chi connectivity index (χ3v) is 4.06. The molecule has 0 radical (unpaired) electrons. The van der Waals surface area contributed by atoms with Crippen molar-refractivity contribution in [3.63, 3.8) is 0 Å². The summed E-state index contributed by atoms with van der Waals surface area (Å²) in [5.74, 6) is 0.246. The van der Waals surface area contributed by atoms with Crippen LogP contribution in [0.3, 0.4) is 0 Å². The SMILES string of the molecule is CN.Cc1cc(N2CCCC2=O)cc(C)c1Br. The van der Waals surface area contributed by atoms with Crippen LogP contribution in [-0.2, 0) is 4.79 Å². The highest BCUT2D eigenvalue weighted by Crippen LogP contribution is 2.29. The number of halogens is 1. The van der Waals surface area contributed by atoms with E-state index in [9.17, 15) is 4.79 Å². The summed E-state index contributed by atoms with van der Waals surface area (Å²) in [7, 11) is 1.50. The molecule has 1 aliphatic heterocycles. The number of anilines is 1. The summed E-state index contributed by atoms with van der Waals surface area (Å²) in [5.41, 5.74) is 7.91. The van der Waals surface area contributed by atoms with Crippen LogP contribution in [-0.4, -0.2) is 19.5 Å². The van der Waals surface area contributed by atoms with E-state index in [4.69, 9.17) is 0 Å². The highest BCUT2D eigenvalue weighted by Gasteiger charge is 2.22. The second kappa shape index (κ2) is 6.17. The highest BCUT2D eigenvalue weighted by atomic mass is 79.9. The Morgan fingerprint density at radius 1 is 1.24 bits per heavy atom. The normalized spacial score (nSPS) is 14.6. The molecule has 0 unspecified atom stereocenters. The van der Waals surface area contributed by atoms with Crippen molar-refractivity contribution in [2.24, 2.45) is 5.73 Å². The molecule has 17 heavy (non-hydrogen) atoms. The first-order valence-corrected chi connectivity index (χ1v) is 6.54. The van der Waals surface area contributed by atoms with E-state index in [0.717, 1.165) is 23.1 Å². The molecule has 4 heteroatoms. The molecule has 2 rings (SSSR count). The van der Waals surface area contributed by atoms with E-state index in [1.165, 1.54) is 18.2 Å². The monoisotopic (exact) mass is 298 g/mol. The molecule has 0 aliphatic carbocycles. The van der Waals surface area contributed by atoms with Crippen LogP contribution >= 0.6 is 15.9 Å². The zero-order chi connectivity index (χ0) is 13.0. The molecule has 1 saturated heterocycles. The summed E-state index contributed by atoms with van der Waals surface area (Å²) >= 11 is 3.53. The van der Waals surface area contributed by atoms with Gasteiger partial charge in [-0.3, -0.25) is 4.79 Å². The molecule has 0 spiro atoms. The fourth-order valence-corrected chi connectivity index (χ4v) is 2.23. The standard InChI is InChI=1S/C12H14BrNO.CH5N/c1-8-6-10(7-9(2)12(8)13)14-5-3-4-11(14)15;1-2/h6-7H,3-5H2,1-2H3;2H2,1H3. The van der Waals surface area contributed by atoms with Crippen molar-refractivity contribution in [2.75, 3.05) is 18.5 Å². The molecule has 1 fully saturated rings. The van der Waals surface area contributed by atoms with Crippen molar-refractivity contribution < 1.29 is 4.79 Å². The number of rotatable bonds is 1. The predicted molar refractivity (Wildman–Crippen MR) is 75.3 cm³/mol. The number of amides is 1. The lowest BCUT2D eigenvalue weighted by Gasteiger charge is -2.18. The number of nitrogens with zero attached hydrogens (tertiary/aromatic N) is 1. The van der Waals surface area contributed by atoms with Gasteiger partial charge >= 0.3 is 0 Å². The molecule has 0 atom stereocenters.